The summed E-state index contributed by atoms with van der Waals surface area (Å²) in [4.78, 5) is 13.4. The molecule has 15 heavy (non-hydrogen) atoms. The molecule has 1 aliphatic heterocycles. The van der Waals surface area contributed by atoms with Crippen LogP contribution in [0.1, 0.15) is 29.9 Å². The number of thiophene rings is 1. The largest absolute Gasteiger partial charge is 0.477 e. The molecular weight excluding hydrogens is 210 g/mol. The summed E-state index contributed by atoms with van der Waals surface area (Å²) in [6.45, 7) is 6.57. The van der Waals surface area contributed by atoms with Crippen LogP contribution in [0.5, 0.6) is 0 Å². The maximum atomic E-state index is 10.7. The number of carboxylic acids is 1. The Kier molecular flexibility index (Phi) is 2.46. The third-order valence-electron chi connectivity index (χ3n) is 3.11. The fourth-order valence-electron chi connectivity index (χ4n) is 1.87. The SMILES string of the molecule is CCC1(C)CN(c2ccc(C(=O)O)s2)C1. The zero-order valence-electron chi connectivity index (χ0n) is 8.99. The Hall–Kier alpha value is -1.03. The number of rotatable bonds is 3. The molecule has 0 saturated carbocycles. The van der Waals surface area contributed by atoms with Crippen LogP contribution in [0.3, 0.4) is 0 Å². The average Bonchev–Trinajstić information content (AvgIpc) is 2.61. The van der Waals surface area contributed by atoms with Gasteiger partial charge in [0.25, 0.3) is 0 Å². The van der Waals surface area contributed by atoms with Crippen molar-refractivity contribution in [2.45, 2.75) is 20.3 Å². The van der Waals surface area contributed by atoms with Crippen LogP contribution in [-0.2, 0) is 0 Å². The van der Waals surface area contributed by atoms with Crippen molar-refractivity contribution in [1.29, 1.82) is 0 Å². The minimum atomic E-state index is -0.829. The van der Waals surface area contributed by atoms with Gasteiger partial charge >= 0.3 is 5.97 Å². The number of carbonyl (C=O) groups is 1. The maximum absolute atomic E-state index is 10.7. The molecule has 0 atom stereocenters. The quantitative estimate of drug-likeness (QED) is 0.859. The summed E-state index contributed by atoms with van der Waals surface area (Å²) in [5.74, 6) is -0.829. The van der Waals surface area contributed by atoms with Gasteiger partial charge in [0.1, 0.15) is 4.88 Å². The topological polar surface area (TPSA) is 40.5 Å². The van der Waals surface area contributed by atoms with E-state index in [1.54, 1.807) is 6.07 Å². The molecule has 0 unspecified atom stereocenters. The van der Waals surface area contributed by atoms with Crippen molar-refractivity contribution in [3.63, 3.8) is 0 Å². The van der Waals surface area contributed by atoms with Gasteiger partial charge in [0.2, 0.25) is 0 Å². The van der Waals surface area contributed by atoms with Crippen molar-refractivity contribution >= 4 is 22.3 Å². The minimum absolute atomic E-state index is 0.424. The van der Waals surface area contributed by atoms with Gasteiger partial charge in [0, 0.05) is 18.5 Å². The van der Waals surface area contributed by atoms with Gasteiger partial charge < -0.3 is 10.0 Å². The molecule has 2 rings (SSSR count). The fourth-order valence-corrected chi connectivity index (χ4v) is 2.71. The molecule has 82 valence electrons. The molecule has 0 aromatic carbocycles. The van der Waals surface area contributed by atoms with Gasteiger partial charge in [-0.25, -0.2) is 4.79 Å². The maximum Gasteiger partial charge on any atom is 0.345 e. The average molecular weight is 225 g/mol. The Labute approximate surface area is 93.3 Å². The third-order valence-corrected chi connectivity index (χ3v) is 4.25. The van der Waals surface area contributed by atoms with E-state index < -0.39 is 5.97 Å². The third kappa shape index (κ3) is 1.86. The van der Waals surface area contributed by atoms with Crippen LogP contribution in [0.15, 0.2) is 12.1 Å². The summed E-state index contributed by atoms with van der Waals surface area (Å²) in [6, 6.07) is 3.59. The van der Waals surface area contributed by atoms with Crippen LogP contribution < -0.4 is 4.90 Å². The lowest BCUT2D eigenvalue weighted by molar-refractivity contribution is 0.0702. The normalized spacial score (nSPS) is 18.7. The van der Waals surface area contributed by atoms with Crippen molar-refractivity contribution in [3.8, 4) is 0 Å². The molecule has 1 aliphatic rings. The Bertz CT molecular complexity index is 380. The Morgan fingerprint density at radius 2 is 2.27 bits per heavy atom. The summed E-state index contributed by atoms with van der Waals surface area (Å²) < 4.78 is 0. The molecule has 1 aromatic rings. The van der Waals surface area contributed by atoms with E-state index in [0.717, 1.165) is 18.1 Å². The zero-order valence-corrected chi connectivity index (χ0v) is 9.80. The zero-order chi connectivity index (χ0) is 11.1. The first-order valence-corrected chi connectivity index (χ1v) is 5.94. The molecule has 4 heteroatoms. The highest BCUT2D eigenvalue weighted by molar-refractivity contribution is 7.17. The fraction of sp³-hybridized carbons (Fsp3) is 0.545. The van der Waals surface area contributed by atoms with Crippen LogP contribution in [0, 0.1) is 5.41 Å². The van der Waals surface area contributed by atoms with Gasteiger partial charge in [0.05, 0.1) is 5.00 Å². The van der Waals surface area contributed by atoms with Crippen LogP contribution >= 0.6 is 11.3 Å². The van der Waals surface area contributed by atoms with Crippen molar-refractivity contribution in [3.05, 3.63) is 17.0 Å². The van der Waals surface area contributed by atoms with Crippen LogP contribution in [-0.4, -0.2) is 24.2 Å². The molecule has 1 aromatic heterocycles. The number of nitrogens with zero attached hydrogens (tertiary/aromatic N) is 1. The van der Waals surface area contributed by atoms with E-state index >= 15 is 0 Å². The first-order valence-electron chi connectivity index (χ1n) is 5.12. The second-order valence-electron chi connectivity index (χ2n) is 4.46. The number of anilines is 1. The predicted octanol–water partition coefficient (Wildman–Crippen LogP) is 2.68. The van der Waals surface area contributed by atoms with E-state index in [4.69, 9.17) is 5.11 Å². The van der Waals surface area contributed by atoms with Crippen molar-refractivity contribution in [2.75, 3.05) is 18.0 Å². The molecule has 0 aliphatic carbocycles. The highest BCUT2D eigenvalue weighted by atomic mass is 32.1. The molecule has 3 nitrogen and oxygen atoms in total. The van der Waals surface area contributed by atoms with Crippen LogP contribution in [0.2, 0.25) is 0 Å². The van der Waals surface area contributed by atoms with E-state index in [1.165, 1.54) is 17.8 Å². The smallest absolute Gasteiger partial charge is 0.345 e. The second kappa shape index (κ2) is 3.52. The summed E-state index contributed by atoms with van der Waals surface area (Å²) >= 11 is 1.36. The lowest BCUT2D eigenvalue weighted by Gasteiger charge is -2.48. The highest BCUT2D eigenvalue weighted by Gasteiger charge is 2.37. The van der Waals surface area contributed by atoms with E-state index in [0.29, 0.717) is 10.3 Å². The lowest BCUT2D eigenvalue weighted by Crippen LogP contribution is -2.54. The van der Waals surface area contributed by atoms with Crippen molar-refractivity contribution < 1.29 is 9.90 Å². The standard InChI is InChI=1S/C11H15NO2S/c1-3-11(2)6-12(7-11)9-5-4-8(15-9)10(13)14/h4-5H,3,6-7H2,1-2H3,(H,13,14). The Balaban J connectivity index is 2.04. The van der Waals surface area contributed by atoms with E-state index in [2.05, 4.69) is 18.7 Å². The van der Waals surface area contributed by atoms with Gasteiger partial charge in [-0.3, -0.25) is 0 Å². The summed E-state index contributed by atoms with van der Waals surface area (Å²) in [6.07, 6.45) is 1.18. The van der Waals surface area contributed by atoms with Crippen molar-refractivity contribution in [1.82, 2.24) is 0 Å². The molecule has 1 N–H and O–H groups in total. The number of hydrogen-bond donors (Lipinski definition) is 1. The van der Waals surface area contributed by atoms with Gasteiger partial charge in [0.15, 0.2) is 0 Å². The van der Waals surface area contributed by atoms with E-state index in [1.807, 2.05) is 6.07 Å². The van der Waals surface area contributed by atoms with Gasteiger partial charge in [-0.05, 0) is 18.6 Å². The predicted molar refractivity (Wildman–Crippen MR) is 61.9 cm³/mol. The van der Waals surface area contributed by atoms with Gasteiger partial charge in [-0.1, -0.05) is 13.8 Å². The first-order chi connectivity index (χ1) is 7.04. The number of aromatic carboxylic acids is 1. The summed E-state index contributed by atoms with van der Waals surface area (Å²) in [5.41, 5.74) is 0.424. The molecule has 0 bridgehead atoms. The molecule has 2 heterocycles. The van der Waals surface area contributed by atoms with E-state index in [9.17, 15) is 4.79 Å². The molecular formula is C11H15NO2S. The Morgan fingerprint density at radius 1 is 1.60 bits per heavy atom. The molecule has 1 saturated heterocycles. The lowest BCUT2D eigenvalue weighted by atomic mass is 9.80. The number of carboxylic acid groups (broad SMARTS) is 1. The molecule has 0 amide bonds. The monoisotopic (exact) mass is 225 g/mol. The number of hydrogen-bond acceptors (Lipinski definition) is 3. The van der Waals surface area contributed by atoms with E-state index in [-0.39, 0.29) is 0 Å². The van der Waals surface area contributed by atoms with Gasteiger partial charge in [-0.2, -0.15) is 0 Å². The molecule has 0 radical (unpaired) electrons. The van der Waals surface area contributed by atoms with Gasteiger partial charge in [-0.15, -0.1) is 11.3 Å². The van der Waals surface area contributed by atoms with Crippen LogP contribution in [0.4, 0.5) is 5.00 Å². The van der Waals surface area contributed by atoms with Crippen molar-refractivity contribution in [2.24, 2.45) is 5.41 Å². The van der Waals surface area contributed by atoms with Crippen LogP contribution in [0.25, 0.3) is 0 Å². The molecule has 1 fully saturated rings. The summed E-state index contributed by atoms with van der Waals surface area (Å²) in [5, 5.41) is 9.89. The second-order valence-corrected chi connectivity index (χ2v) is 5.53. The highest BCUT2D eigenvalue weighted by Crippen LogP contribution is 2.39. The molecule has 0 spiro atoms. The Morgan fingerprint density at radius 3 is 2.73 bits per heavy atom. The minimum Gasteiger partial charge on any atom is -0.477 e. The summed E-state index contributed by atoms with van der Waals surface area (Å²) in [7, 11) is 0. The first kappa shape index (κ1) is 10.5.